The van der Waals surface area contributed by atoms with E-state index in [-0.39, 0.29) is 23.8 Å². The maximum absolute atomic E-state index is 13.2. The summed E-state index contributed by atoms with van der Waals surface area (Å²) in [5.41, 5.74) is 3.53. The molecule has 0 saturated carbocycles. The molecule has 47 heavy (non-hydrogen) atoms. The molecule has 0 heterocycles. The standard InChI is InChI=1S/C33H38Cl2N4O8/c1-5-45-28-16-22(14-25(35)29(28)46-19-21-6-10-23(34)11-7-21)17-36-39-31(43)26(15-20-8-12-24(41)13-9-20)37-30(42)27(18-40)38-32(44)47-33(2,3)4/h6-14,16-17,26-27,40-41H,5,15,18-19H2,1-4H3,(H,37,42)(H,38,44)(H,39,43)/b36-17-/t26-,27-/m0/s1. The van der Waals surface area contributed by atoms with E-state index >= 15 is 0 Å². The van der Waals surface area contributed by atoms with E-state index in [1.54, 1.807) is 57.2 Å². The predicted octanol–water partition coefficient (Wildman–Crippen LogP) is 4.74. The lowest BCUT2D eigenvalue weighted by Crippen LogP contribution is -2.55. The smallest absolute Gasteiger partial charge is 0.408 e. The van der Waals surface area contributed by atoms with Gasteiger partial charge in [0, 0.05) is 11.4 Å². The molecule has 0 spiro atoms. The van der Waals surface area contributed by atoms with Gasteiger partial charge >= 0.3 is 6.09 Å². The zero-order chi connectivity index (χ0) is 34.6. The number of rotatable bonds is 14. The van der Waals surface area contributed by atoms with Gasteiger partial charge in [0.1, 0.15) is 30.0 Å². The number of aliphatic hydroxyl groups is 1. The topological polar surface area (TPSA) is 168 Å². The molecule has 14 heteroatoms. The number of phenolic OH excluding ortho intramolecular Hbond substituents is 1. The van der Waals surface area contributed by atoms with Crippen molar-refractivity contribution in [2.45, 2.75) is 58.4 Å². The monoisotopic (exact) mass is 688 g/mol. The molecule has 0 aliphatic carbocycles. The highest BCUT2D eigenvalue weighted by atomic mass is 35.5. The Morgan fingerprint density at radius 1 is 0.915 bits per heavy atom. The molecule has 0 saturated heterocycles. The molecule has 2 atom stereocenters. The van der Waals surface area contributed by atoms with Crippen molar-refractivity contribution in [3.63, 3.8) is 0 Å². The normalized spacial score (nSPS) is 12.6. The Morgan fingerprint density at radius 2 is 1.57 bits per heavy atom. The molecule has 0 unspecified atom stereocenters. The van der Waals surface area contributed by atoms with E-state index in [1.165, 1.54) is 18.3 Å². The van der Waals surface area contributed by atoms with Crippen molar-refractivity contribution in [2.75, 3.05) is 13.2 Å². The Kier molecular flexibility index (Phi) is 13.7. The summed E-state index contributed by atoms with van der Waals surface area (Å²) in [7, 11) is 0. The third-order valence-electron chi connectivity index (χ3n) is 6.22. The van der Waals surface area contributed by atoms with Crippen LogP contribution in [0.25, 0.3) is 0 Å². The molecule has 0 fully saturated rings. The second kappa shape index (κ2) is 17.4. The number of aromatic hydroxyl groups is 1. The number of phenols is 1. The first-order valence-corrected chi connectivity index (χ1v) is 15.4. The number of alkyl carbamates (subject to hydrolysis) is 1. The molecular formula is C33H38Cl2N4O8. The lowest BCUT2D eigenvalue weighted by Gasteiger charge is -2.24. The first-order chi connectivity index (χ1) is 22.3. The van der Waals surface area contributed by atoms with E-state index in [0.29, 0.717) is 34.3 Å². The van der Waals surface area contributed by atoms with Crippen LogP contribution in [0.2, 0.25) is 10.0 Å². The Balaban J connectivity index is 1.74. The van der Waals surface area contributed by atoms with Crippen LogP contribution < -0.4 is 25.5 Å². The molecule has 252 valence electrons. The molecule has 0 radical (unpaired) electrons. The van der Waals surface area contributed by atoms with Crippen molar-refractivity contribution in [3.8, 4) is 17.2 Å². The fourth-order valence-electron chi connectivity index (χ4n) is 4.04. The number of carbonyl (C=O) groups is 3. The third-order valence-corrected chi connectivity index (χ3v) is 6.75. The van der Waals surface area contributed by atoms with Gasteiger partial charge in [-0.25, -0.2) is 10.2 Å². The van der Waals surface area contributed by atoms with Crippen LogP contribution in [0, 0.1) is 0 Å². The Hall–Kier alpha value is -4.52. The largest absolute Gasteiger partial charge is 0.508 e. The molecule has 0 aromatic heterocycles. The molecule has 0 bridgehead atoms. The molecule has 3 amide bonds. The molecule has 0 aliphatic rings. The molecule has 5 N–H and O–H groups in total. The van der Waals surface area contributed by atoms with Crippen LogP contribution in [-0.4, -0.2) is 65.2 Å². The zero-order valence-electron chi connectivity index (χ0n) is 26.4. The number of benzene rings is 3. The van der Waals surface area contributed by atoms with Crippen molar-refractivity contribution in [1.29, 1.82) is 0 Å². The number of halogens is 2. The van der Waals surface area contributed by atoms with E-state index in [4.69, 9.17) is 37.4 Å². The second-order valence-electron chi connectivity index (χ2n) is 11.2. The average molecular weight is 690 g/mol. The first-order valence-electron chi connectivity index (χ1n) is 14.6. The lowest BCUT2D eigenvalue weighted by molar-refractivity contribution is -0.130. The number of amides is 3. The minimum Gasteiger partial charge on any atom is -0.508 e. The third kappa shape index (κ3) is 12.3. The number of nitrogens with zero attached hydrogens (tertiary/aromatic N) is 1. The Bertz CT molecular complexity index is 1540. The van der Waals surface area contributed by atoms with Crippen LogP contribution in [0.4, 0.5) is 4.79 Å². The predicted molar refractivity (Wildman–Crippen MR) is 178 cm³/mol. The van der Waals surface area contributed by atoms with Crippen LogP contribution in [0.15, 0.2) is 65.8 Å². The zero-order valence-corrected chi connectivity index (χ0v) is 27.9. The van der Waals surface area contributed by atoms with Crippen molar-refractivity contribution >= 4 is 47.3 Å². The van der Waals surface area contributed by atoms with E-state index < -0.39 is 42.2 Å². The van der Waals surface area contributed by atoms with Gasteiger partial charge in [-0.15, -0.1) is 0 Å². The Labute approximate surface area is 283 Å². The number of nitrogens with one attached hydrogen (secondary N) is 3. The molecular weight excluding hydrogens is 651 g/mol. The molecule has 3 aromatic rings. The van der Waals surface area contributed by atoms with Crippen molar-refractivity contribution in [1.82, 2.24) is 16.1 Å². The highest BCUT2D eigenvalue weighted by Crippen LogP contribution is 2.37. The fraction of sp³-hybridized carbons (Fsp3) is 0.333. The van der Waals surface area contributed by atoms with Crippen LogP contribution in [-0.2, 0) is 27.4 Å². The van der Waals surface area contributed by atoms with Gasteiger partial charge in [-0.3, -0.25) is 9.59 Å². The number of aliphatic hydroxyl groups excluding tert-OH is 1. The minimum absolute atomic E-state index is 0.00205. The van der Waals surface area contributed by atoms with Gasteiger partial charge in [0.25, 0.3) is 5.91 Å². The quantitative estimate of drug-likeness (QED) is 0.120. The summed E-state index contributed by atoms with van der Waals surface area (Å²) in [6.45, 7) is 6.56. The van der Waals surface area contributed by atoms with Crippen molar-refractivity contribution in [2.24, 2.45) is 5.10 Å². The fourth-order valence-corrected chi connectivity index (χ4v) is 4.44. The van der Waals surface area contributed by atoms with Gasteiger partial charge in [0.05, 0.1) is 24.5 Å². The number of hydrogen-bond donors (Lipinski definition) is 5. The summed E-state index contributed by atoms with van der Waals surface area (Å²) < 4.78 is 16.8. The van der Waals surface area contributed by atoms with Gasteiger partial charge in [-0.05, 0) is 80.8 Å². The highest BCUT2D eigenvalue weighted by Gasteiger charge is 2.28. The van der Waals surface area contributed by atoms with Crippen LogP contribution in [0.1, 0.15) is 44.4 Å². The van der Waals surface area contributed by atoms with Gasteiger partial charge in [-0.1, -0.05) is 47.5 Å². The molecule has 0 aliphatic heterocycles. The molecule has 3 rings (SSSR count). The van der Waals surface area contributed by atoms with E-state index in [2.05, 4.69) is 21.2 Å². The number of ether oxygens (including phenoxy) is 3. The Morgan fingerprint density at radius 3 is 2.19 bits per heavy atom. The average Bonchev–Trinajstić information content (AvgIpc) is 3.00. The second-order valence-corrected chi connectivity index (χ2v) is 12.1. The van der Waals surface area contributed by atoms with Crippen LogP contribution in [0.3, 0.4) is 0 Å². The van der Waals surface area contributed by atoms with Crippen LogP contribution in [0.5, 0.6) is 17.2 Å². The maximum Gasteiger partial charge on any atom is 0.408 e. The maximum atomic E-state index is 13.2. The summed E-state index contributed by atoms with van der Waals surface area (Å²) in [6.07, 6.45) is 0.426. The SMILES string of the molecule is CCOc1cc(/C=N\NC(=O)[C@H](Cc2ccc(O)cc2)NC(=O)[C@H](CO)NC(=O)OC(C)(C)C)cc(Cl)c1OCc1ccc(Cl)cc1. The first kappa shape index (κ1) is 36.9. The van der Waals surface area contributed by atoms with Gasteiger partial charge in [0.15, 0.2) is 11.5 Å². The summed E-state index contributed by atoms with van der Waals surface area (Å²) >= 11 is 12.5. The highest BCUT2D eigenvalue weighted by molar-refractivity contribution is 6.32. The number of hydrogen-bond acceptors (Lipinski definition) is 9. The summed E-state index contributed by atoms with van der Waals surface area (Å²) in [6, 6.07) is 13.9. The number of hydrazone groups is 1. The van der Waals surface area contributed by atoms with E-state index in [9.17, 15) is 24.6 Å². The van der Waals surface area contributed by atoms with Crippen molar-refractivity contribution in [3.05, 3.63) is 87.4 Å². The lowest BCUT2D eigenvalue weighted by atomic mass is 10.0. The van der Waals surface area contributed by atoms with Gasteiger partial charge in [0.2, 0.25) is 5.91 Å². The van der Waals surface area contributed by atoms with E-state index in [0.717, 1.165) is 5.56 Å². The minimum atomic E-state index is -1.40. The van der Waals surface area contributed by atoms with Gasteiger partial charge in [-0.2, -0.15) is 5.10 Å². The molecule has 3 aromatic carbocycles. The number of carbonyl (C=O) groups excluding carboxylic acids is 3. The summed E-state index contributed by atoms with van der Waals surface area (Å²) in [4.78, 5) is 38.5. The molecule has 12 nitrogen and oxygen atoms in total. The van der Waals surface area contributed by atoms with Crippen LogP contribution >= 0.6 is 23.2 Å². The summed E-state index contributed by atoms with van der Waals surface area (Å²) in [5, 5.41) is 29.1. The summed E-state index contributed by atoms with van der Waals surface area (Å²) in [5.74, 6) is -0.803. The van der Waals surface area contributed by atoms with Crippen molar-refractivity contribution < 1.29 is 38.8 Å². The van der Waals surface area contributed by atoms with E-state index in [1.807, 2.05) is 19.1 Å². The van der Waals surface area contributed by atoms with Gasteiger partial charge < -0.3 is 35.1 Å².